The lowest BCUT2D eigenvalue weighted by molar-refractivity contribution is -0.145. The van der Waals surface area contributed by atoms with Gasteiger partial charge in [-0.3, -0.25) is 9.59 Å². The molecule has 0 aromatic heterocycles. The van der Waals surface area contributed by atoms with E-state index in [9.17, 15) is 9.59 Å². The van der Waals surface area contributed by atoms with Gasteiger partial charge in [0, 0.05) is 39.1 Å². The Morgan fingerprint density at radius 3 is 0.884 bits per heavy atom. The van der Waals surface area contributed by atoms with Gasteiger partial charge in [0.1, 0.15) is 0 Å². The van der Waals surface area contributed by atoms with E-state index in [2.05, 4.69) is 47.3 Å². The second-order valence-corrected chi connectivity index (χ2v) is 21.7. The van der Waals surface area contributed by atoms with Gasteiger partial charge in [0.05, 0.1) is 19.6 Å². The van der Waals surface area contributed by atoms with Crippen LogP contribution >= 0.6 is 0 Å². The van der Waals surface area contributed by atoms with E-state index in [0.29, 0.717) is 26.1 Å². The Morgan fingerprint density at radius 1 is 0.304 bits per heavy atom. The molecule has 0 aromatic carbocycles. The molecule has 1 aliphatic rings. The van der Waals surface area contributed by atoms with Gasteiger partial charge in [-0.2, -0.15) is 0 Å². The van der Waals surface area contributed by atoms with Crippen LogP contribution in [0, 0.1) is 0 Å². The number of carbonyl (C=O) groups excluding carboxylic acids is 2. The molecule has 0 N–H and O–H groups in total. The highest BCUT2D eigenvalue weighted by molar-refractivity contribution is 5.69. The number of rotatable bonds is 55. The molecule has 0 radical (unpaired) electrons. The minimum absolute atomic E-state index is 0.00607. The summed E-state index contributed by atoms with van der Waals surface area (Å²) in [6, 6.07) is 0. The van der Waals surface area contributed by atoms with Crippen LogP contribution in [0.3, 0.4) is 0 Å². The van der Waals surface area contributed by atoms with Crippen molar-refractivity contribution in [2.75, 3.05) is 91.8 Å². The molecule has 1 saturated heterocycles. The molecular weight excluding hydrogens is 853 g/mol. The molecule has 0 aromatic rings. The van der Waals surface area contributed by atoms with Crippen LogP contribution in [0.25, 0.3) is 0 Å². The molecule has 0 aliphatic carbocycles. The van der Waals surface area contributed by atoms with Crippen molar-refractivity contribution >= 4 is 11.9 Å². The van der Waals surface area contributed by atoms with E-state index in [-0.39, 0.29) is 11.9 Å². The maximum atomic E-state index is 12.7. The molecule has 0 bridgehead atoms. The predicted molar refractivity (Wildman–Crippen MR) is 300 cm³/mol. The predicted octanol–water partition coefficient (Wildman–Crippen LogP) is 16.4. The van der Waals surface area contributed by atoms with Gasteiger partial charge < -0.3 is 29.1 Å². The van der Waals surface area contributed by atoms with E-state index in [0.717, 1.165) is 97.4 Å². The van der Waals surface area contributed by atoms with Gasteiger partial charge >= 0.3 is 11.9 Å². The molecule has 0 atom stereocenters. The number of hydrogen-bond donors (Lipinski definition) is 0. The van der Waals surface area contributed by atoms with Gasteiger partial charge in [0.15, 0.2) is 0 Å². The highest BCUT2D eigenvalue weighted by Gasteiger charge is 2.17. The summed E-state index contributed by atoms with van der Waals surface area (Å²) < 4.78 is 11.4. The Bertz CT molecular complexity index is 1010. The minimum Gasteiger partial charge on any atom is -0.466 e. The monoisotopic (exact) mass is 975 g/mol. The van der Waals surface area contributed by atoms with Crippen LogP contribution in [0.5, 0.6) is 0 Å². The standard InChI is InChI=1S/C61H122N4O4/c1-5-9-13-17-21-25-29-35-46-62(47-36-30-26-22-18-14-10-6-2)48-39-33-34-44-60(66)68-58-42-40-51-64-54-56-65(57-55-64)52-41-43-59-69-61(67)45-53-63(49-37-31-27-23-19-15-11-7-3)50-38-32-28-24-20-16-12-8-4/h5-59H2,1-4H3. The third-order valence-corrected chi connectivity index (χ3v) is 15.0. The summed E-state index contributed by atoms with van der Waals surface area (Å²) in [6.45, 7) is 23.7. The van der Waals surface area contributed by atoms with Crippen molar-refractivity contribution in [3.05, 3.63) is 0 Å². The molecule has 0 unspecified atom stereocenters. The maximum Gasteiger partial charge on any atom is 0.307 e. The lowest BCUT2D eigenvalue weighted by atomic mass is 10.1. The number of ether oxygens (including phenoxy) is 2. The van der Waals surface area contributed by atoms with E-state index in [1.165, 1.54) is 232 Å². The van der Waals surface area contributed by atoms with Crippen LogP contribution in [0.1, 0.15) is 291 Å². The molecule has 410 valence electrons. The molecule has 0 saturated carbocycles. The van der Waals surface area contributed by atoms with E-state index in [4.69, 9.17) is 9.47 Å². The Balaban J connectivity index is 2.14. The summed E-state index contributed by atoms with van der Waals surface area (Å²) in [7, 11) is 0. The summed E-state index contributed by atoms with van der Waals surface area (Å²) >= 11 is 0. The minimum atomic E-state index is -0.0175. The lowest BCUT2D eigenvalue weighted by Crippen LogP contribution is -2.46. The first kappa shape index (κ1) is 65.8. The number of carbonyl (C=O) groups is 2. The van der Waals surface area contributed by atoms with Crippen LogP contribution < -0.4 is 0 Å². The fourth-order valence-corrected chi connectivity index (χ4v) is 10.2. The van der Waals surface area contributed by atoms with E-state index < -0.39 is 0 Å². The van der Waals surface area contributed by atoms with Crippen molar-refractivity contribution in [1.82, 2.24) is 19.6 Å². The fourth-order valence-electron chi connectivity index (χ4n) is 10.2. The van der Waals surface area contributed by atoms with Crippen LogP contribution in [0.2, 0.25) is 0 Å². The molecule has 8 heteroatoms. The molecular formula is C61H122N4O4. The number of esters is 2. The van der Waals surface area contributed by atoms with Crippen molar-refractivity contribution in [1.29, 1.82) is 0 Å². The lowest BCUT2D eigenvalue weighted by Gasteiger charge is -2.34. The first-order chi connectivity index (χ1) is 34.0. The second kappa shape index (κ2) is 53.1. The van der Waals surface area contributed by atoms with E-state index in [1.54, 1.807) is 0 Å². The first-order valence-corrected chi connectivity index (χ1v) is 31.2. The number of unbranched alkanes of at least 4 members (excludes halogenated alkanes) is 32. The highest BCUT2D eigenvalue weighted by atomic mass is 16.5. The smallest absolute Gasteiger partial charge is 0.307 e. The SMILES string of the molecule is CCCCCCCCCCN(CCCCCCCCCC)CCCCCC(=O)OCCCCN1CCN(CCCCOC(=O)CCN(CCCCCCCCCC)CCCCCCCCCC)CC1. The van der Waals surface area contributed by atoms with Crippen LogP contribution in [-0.2, 0) is 19.1 Å². The van der Waals surface area contributed by atoms with Gasteiger partial charge in [-0.05, 0) is 110 Å². The van der Waals surface area contributed by atoms with Crippen molar-refractivity contribution in [3.63, 3.8) is 0 Å². The summed E-state index contributed by atoms with van der Waals surface area (Å²) in [5, 5.41) is 0. The van der Waals surface area contributed by atoms with Crippen molar-refractivity contribution in [3.8, 4) is 0 Å². The summed E-state index contributed by atoms with van der Waals surface area (Å²) in [5.41, 5.74) is 0. The summed E-state index contributed by atoms with van der Waals surface area (Å²) in [6.07, 6.45) is 52.1. The van der Waals surface area contributed by atoms with E-state index in [1.807, 2.05) is 0 Å². The van der Waals surface area contributed by atoms with E-state index >= 15 is 0 Å². The maximum absolute atomic E-state index is 12.7. The third-order valence-electron chi connectivity index (χ3n) is 15.0. The van der Waals surface area contributed by atoms with Gasteiger partial charge in [-0.15, -0.1) is 0 Å². The summed E-state index contributed by atoms with van der Waals surface area (Å²) in [5.74, 6) is -0.0236. The zero-order valence-electron chi connectivity index (χ0n) is 47.3. The van der Waals surface area contributed by atoms with Crippen molar-refractivity contribution in [2.45, 2.75) is 291 Å². The molecule has 69 heavy (non-hydrogen) atoms. The van der Waals surface area contributed by atoms with Gasteiger partial charge in [-0.1, -0.05) is 214 Å². The van der Waals surface area contributed by atoms with Gasteiger partial charge in [0.2, 0.25) is 0 Å². The number of piperazine rings is 1. The zero-order valence-corrected chi connectivity index (χ0v) is 47.3. The number of hydrogen-bond acceptors (Lipinski definition) is 8. The van der Waals surface area contributed by atoms with Gasteiger partial charge in [0.25, 0.3) is 0 Å². The zero-order chi connectivity index (χ0) is 49.8. The fraction of sp³-hybridized carbons (Fsp3) is 0.967. The number of nitrogens with zero attached hydrogens (tertiary/aromatic N) is 4. The van der Waals surface area contributed by atoms with Crippen LogP contribution in [0.4, 0.5) is 0 Å². The molecule has 1 rings (SSSR count). The van der Waals surface area contributed by atoms with Crippen molar-refractivity contribution in [2.24, 2.45) is 0 Å². The van der Waals surface area contributed by atoms with Crippen LogP contribution in [0.15, 0.2) is 0 Å². The van der Waals surface area contributed by atoms with Gasteiger partial charge in [-0.25, -0.2) is 0 Å². The Morgan fingerprint density at radius 2 is 0.565 bits per heavy atom. The average molecular weight is 976 g/mol. The topological polar surface area (TPSA) is 65.6 Å². The molecule has 1 heterocycles. The molecule has 1 fully saturated rings. The third kappa shape index (κ3) is 46.3. The molecule has 1 aliphatic heterocycles. The van der Waals surface area contributed by atoms with Crippen LogP contribution in [-0.4, -0.2) is 123 Å². The highest BCUT2D eigenvalue weighted by Crippen LogP contribution is 2.15. The van der Waals surface area contributed by atoms with Crippen molar-refractivity contribution < 1.29 is 19.1 Å². The average Bonchev–Trinajstić information content (AvgIpc) is 3.35. The molecule has 0 amide bonds. The summed E-state index contributed by atoms with van der Waals surface area (Å²) in [4.78, 5) is 35.7. The Labute approximate surface area is 431 Å². The quantitative estimate of drug-likeness (QED) is 0.0441. The largest absolute Gasteiger partial charge is 0.466 e. The molecule has 8 nitrogen and oxygen atoms in total. The molecule has 0 spiro atoms. The Kier molecular flexibility index (Phi) is 50.6. The second-order valence-electron chi connectivity index (χ2n) is 21.7. The Hall–Kier alpha value is -1.22. The normalized spacial score (nSPS) is 13.6. The first-order valence-electron chi connectivity index (χ1n) is 31.2.